The normalized spacial score (nSPS) is 14.5. The zero-order chi connectivity index (χ0) is 15.0. The van der Waals surface area contributed by atoms with E-state index >= 15 is 0 Å². The van der Waals surface area contributed by atoms with Crippen LogP contribution in [0.5, 0.6) is 11.6 Å². The number of rotatable bonds is 2. The highest BCUT2D eigenvalue weighted by atomic mass is 16.5. The summed E-state index contributed by atoms with van der Waals surface area (Å²) in [6, 6.07) is 9.42. The number of hydrogen-bond donors (Lipinski definition) is 1. The highest BCUT2D eigenvalue weighted by Gasteiger charge is 2.33. The number of amides is 2. The summed E-state index contributed by atoms with van der Waals surface area (Å²) in [4.78, 5) is 29.7. The van der Waals surface area contributed by atoms with Crippen molar-refractivity contribution in [1.29, 1.82) is 0 Å². The smallest absolute Gasteiger partial charge is 0.264 e. The number of carbonyl (C=O) groups is 2. The second-order valence-electron chi connectivity index (χ2n) is 4.68. The van der Waals surface area contributed by atoms with E-state index in [0.717, 1.165) is 0 Å². The Bertz CT molecular complexity index is 730. The SMILES string of the molecule is CC(C(N)=O)N1C(=O)c2cccnc2Oc2ccccc21. The molecule has 1 aliphatic rings. The first-order valence-electron chi connectivity index (χ1n) is 6.44. The molecule has 106 valence electrons. The minimum atomic E-state index is -0.798. The molecule has 0 saturated heterocycles. The van der Waals surface area contributed by atoms with Gasteiger partial charge in [-0.05, 0) is 31.2 Å². The molecule has 2 amide bonds. The molecule has 6 heteroatoms. The van der Waals surface area contributed by atoms with Crippen LogP contribution in [0.4, 0.5) is 5.69 Å². The molecule has 0 aliphatic carbocycles. The van der Waals surface area contributed by atoms with Crippen molar-refractivity contribution < 1.29 is 14.3 Å². The predicted octanol–water partition coefficient (Wildman–Crippen LogP) is 1.71. The summed E-state index contributed by atoms with van der Waals surface area (Å²) in [7, 11) is 0. The highest BCUT2D eigenvalue weighted by molar-refractivity contribution is 6.12. The fourth-order valence-electron chi connectivity index (χ4n) is 2.23. The number of carbonyl (C=O) groups excluding carboxylic acids is 2. The van der Waals surface area contributed by atoms with Crippen molar-refractivity contribution in [2.24, 2.45) is 5.73 Å². The number of pyridine rings is 1. The summed E-state index contributed by atoms with van der Waals surface area (Å²) >= 11 is 0. The molecular weight excluding hydrogens is 270 g/mol. The van der Waals surface area contributed by atoms with Crippen LogP contribution in [-0.2, 0) is 4.79 Å². The average molecular weight is 283 g/mol. The van der Waals surface area contributed by atoms with Gasteiger partial charge in [0.1, 0.15) is 11.6 Å². The Labute approximate surface area is 121 Å². The van der Waals surface area contributed by atoms with Crippen molar-refractivity contribution in [3.05, 3.63) is 48.2 Å². The Kier molecular flexibility index (Phi) is 3.06. The molecule has 1 atom stereocenters. The Balaban J connectivity index is 2.23. The lowest BCUT2D eigenvalue weighted by Crippen LogP contribution is -2.46. The van der Waals surface area contributed by atoms with Crippen LogP contribution in [0.2, 0.25) is 0 Å². The first-order chi connectivity index (χ1) is 10.1. The molecule has 21 heavy (non-hydrogen) atoms. The molecule has 0 bridgehead atoms. The number of nitrogens with two attached hydrogens (primary N) is 1. The van der Waals surface area contributed by atoms with Crippen LogP contribution >= 0.6 is 0 Å². The Morgan fingerprint density at radius 1 is 1.29 bits per heavy atom. The van der Waals surface area contributed by atoms with E-state index in [2.05, 4.69) is 4.98 Å². The number of ether oxygens (including phenoxy) is 1. The van der Waals surface area contributed by atoms with E-state index in [-0.39, 0.29) is 11.8 Å². The molecule has 1 aliphatic heterocycles. The maximum Gasteiger partial charge on any atom is 0.264 e. The number of hydrogen-bond acceptors (Lipinski definition) is 4. The molecule has 2 heterocycles. The number of para-hydroxylation sites is 2. The van der Waals surface area contributed by atoms with E-state index in [1.54, 1.807) is 49.5 Å². The summed E-state index contributed by atoms with van der Waals surface area (Å²) in [6.07, 6.45) is 1.54. The van der Waals surface area contributed by atoms with Gasteiger partial charge in [0.25, 0.3) is 5.91 Å². The first-order valence-corrected chi connectivity index (χ1v) is 6.44. The monoisotopic (exact) mass is 283 g/mol. The van der Waals surface area contributed by atoms with Gasteiger partial charge >= 0.3 is 0 Å². The van der Waals surface area contributed by atoms with Crippen molar-refractivity contribution in [2.45, 2.75) is 13.0 Å². The molecule has 0 saturated carbocycles. The summed E-state index contributed by atoms with van der Waals surface area (Å²) in [5, 5.41) is 0. The minimum Gasteiger partial charge on any atom is -0.436 e. The van der Waals surface area contributed by atoms with Crippen LogP contribution in [0.1, 0.15) is 17.3 Å². The molecule has 0 spiro atoms. The number of benzene rings is 1. The molecular formula is C15H13N3O3. The summed E-state index contributed by atoms with van der Waals surface area (Å²) in [6.45, 7) is 1.58. The van der Waals surface area contributed by atoms with Crippen molar-refractivity contribution in [3.8, 4) is 11.6 Å². The van der Waals surface area contributed by atoms with Crippen LogP contribution in [0, 0.1) is 0 Å². The zero-order valence-electron chi connectivity index (χ0n) is 11.3. The third kappa shape index (κ3) is 2.10. The second kappa shape index (κ2) is 4.90. The van der Waals surface area contributed by atoms with Gasteiger partial charge in [-0.1, -0.05) is 12.1 Å². The van der Waals surface area contributed by atoms with Gasteiger partial charge in [0, 0.05) is 6.20 Å². The lowest BCUT2D eigenvalue weighted by molar-refractivity contribution is -0.118. The van der Waals surface area contributed by atoms with Gasteiger partial charge in [0.15, 0.2) is 5.75 Å². The topological polar surface area (TPSA) is 85.5 Å². The molecule has 0 fully saturated rings. The maximum absolute atomic E-state index is 12.7. The van der Waals surface area contributed by atoms with Gasteiger partial charge in [-0.25, -0.2) is 4.98 Å². The van der Waals surface area contributed by atoms with Gasteiger partial charge < -0.3 is 10.5 Å². The fourth-order valence-corrected chi connectivity index (χ4v) is 2.23. The summed E-state index contributed by atoms with van der Waals surface area (Å²) < 4.78 is 5.71. The third-order valence-corrected chi connectivity index (χ3v) is 3.35. The third-order valence-electron chi connectivity index (χ3n) is 3.35. The maximum atomic E-state index is 12.7. The molecule has 2 N–H and O–H groups in total. The van der Waals surface area contributed by atoms with E-state index in [1.165, 1.54) is 4.90 Å². The number of primary amides is 1. The highest BCUT2D eigenvalue weighted by Crippen LogP contribution is 2.38. The van der Waals surface area contributed by atoms with E-state index in [0.29, 0.717) is 17.0 Å². The lowest BCUT2D eigenvalue weighted by Gasteiger charge is -2.26. The molecule has 6 nitrogen and oxygen atoms in total. The van der Waals surface area contributed by atoms with Crippen LogP contribution < -0.4 is 15.4 Å². The predicted molar refractivity (Wildman–Crippen MR) is 76.2 cm³/mol. The Morgan fingerprint density at radius 2 is 2.05 bits per heavy atom. The summed E-state index contributed by atoms with van der Waals surface area (Å²) in [5.41, 5.74) is 6.15. The van der Waals surface area contributed by atoms with Crippen LogP contribution in [0.15, 0.2) is 42.6 Å². The van der Waals surface area contributed by atoms with Crippen molar-refractivity contribution in [1.82, 2.24) is 4.98 Å². The average Bonchev–Trinajstić information content (AvgIpc) is 2.61. The zero-order valence-corrected chi connectivity index (χ0v) is 11.3. The van der Waals surface area contributed by atoms with Gasteiger partial charge in [-0.3, -0.25) is 14.5 Å². The van der Waals surface area contributed by atoms with Crippen LogP contribution in [-0.4, -0.2) is 22.8 Å². The molecule has 1 aromatic heterocycles. The van der Waals surface area contributed by atoms with Gasteiger partial charge in [0.2, 0.25) is 11.8 Å². The van der Waals surface area contributed by atoms with Gasteiger partial charge in [-0.2, -0.15) is 0 Å². The minimum absolute atomic E-state index is 0.217. The molecule has 1 aromatic carbocycles. The van der Waals surface area contributed by atoms with E-state index < -0.39 is 11.9 Å². The number of fused-ring (bicyclic) bond motifs is 2. The van der Waals surface area contributed by atoms with Crippen LogP contribution in [0.3, 0.4) is 0 Å². The lowest BCUT2D eigenvalue weighted by atomic mass is 10.1. The van der Waals surface area contributed by atoms with E-state index in [9.17, 15) is 9.59 Å². The molecule has 0 radical (unpaired) electrons. The molecule has 2 aromatic rings. The quantitative estimate of drug-likeness (QED) is 0.909. The number of aromatic nitrogens is 1. The molecule has 3 rings (SSSR count). The first kappa shape index (κ1) is 13.1. The molecule has 1 unspecified atom stereocenters. The number of nitrogens with zero attached hydrogens (tertiary/aromatic N) is 2. The fraction of sp³-hybridized carbons (Fsp3) is 0.133. The summed E-state index contributed by atoms with van der Waals surface area (Å²) in [5.74, 6) is -0.287. The van der Waals surface area contributed by atoms with E-state index in [4.69, 9.17) is 10.5 Å². The van der Waals surface area contributed by atoms with Crippen molar-refractivity contribution in [2.75, 3.05) is 4.90 Å². The number of anilines is 1. The van der Waals surface area contributed by atoms with E-state index in [1.807, 2.05) is 0 Å². The Morgan fingerprint density at radius 3 is 2.81 bits per heavy atom. The second-order valence-corrected chi connectivity index (χ2v) is 4.68. The van der Waals surface area contributed by atoms with Gasteiger partial charge in [-0.15, -0.1) is 0 Å². The van der Waals surface area contributed by atoms with Gasteiger partial charge in [0.05, 0.1) is 5.69 Å². The Hall–Kier alpha value is -2.89. The van der Waals surface area contributed by atoms with Crippen LogP contribution in [0.25, 0.3) is 0 Å². The van der Waals surface area contributed by atoms with Crippen molar-refractivity contribution >= 4 is 17.5 Å². The largest absolute Gasteiger partial charge is 0.436 e. The standard InChI is InChI=1S/C15H13N3O3/c1-9(13(16)19)18-11-6-2-3-7-12(11)21-14-10(15(18)20)5-4-8-17-14/h2-9H,1H3,(H2,16,19). The van der Waals surface area contributed by atoms with Crippen molar-refractivity contribution in [3.63, 3.8) is 0 Å².